The first-order valence-corrected chi connectivity index (χ1v) is 7.10. The quantitative estimate of drug-likeness (QED) is 0.594. The van der Waals surface area contributed by atoms with E-state index < -0.39 is 0 Å². The van der Waals surface area contributed by atoms with E-state index in [9.17, 15) is 4.79 Å². The molecule has 23 heavy (non-hydrogen) atoms. The van der Waals surface area contributed by atoms with Crippen LogP contribution in [0.1, 0.15) is 21.7 Å². The lowest BCUT2D eigenvalue weighted by atomic mass is 10.2. The fourth-order valence-corrected chi connectivity index (χ4v) is 2.33. The Balaban J connectivity index is 1.78. The molecule has 0 unspecified atom stereocenters. The number of hydrogen-bond donors (Lipinski definition) is 1. The van der Waals surface area contributed by atoms with Crippen molar-refractivity contribution in [1.82, 2.24) is 14.8 Å². The van der Waals surface area contributed by atoms with Gasteiger partial charge in [-0.25, -0.2) is 10.4 Å². The third kappa shape index (κ3) is 3.06. The van der Waals surface area contributed by atoms with Gasteiger partial charge in [0, 0.05) is 6.20 Å². The van der Waals surface area contributed by atoms with E-state index in [0.29, 0.717) is 11.4 Å². The van der Waals surface area contributed by atoms with Crippen LogP contribution in [0.3, 0.4) is 0 Å². The molecule has 1 N–H and O–H groups in total. The smallest absolute Gasteiger partial charge is 0.290 e. The van der Waals surface area contributed by atoms with Gasteiger partial charge in [0.25, 0.3) is 5.91 Å². The third-order valence-electron chi connectivity index (χ3n) is 3.39. The van der Waals surface area contributed by atoms with Crippen LogP contribution in [0.5, 0.6) is 5.75 Å². The number of benzene rings is 1. The fourth-order valence-electron chi connectivity index (χ4n) is 2.33. The maximum absolute atomic E-state index is 12.3. The second-order valence-corrected chi connectivity index (χ2v) is 4.95. The summed E-state index contributed by atoms with van der Waals surface area (Å²) in [5.74, 6) is 0.429. The standard InChI is InChI=1S/C17H16N4O2/c1-12-16(21-9-4-3-8-15(21)19-12)17(22)20-18-11-13-6-5-7-14(10-13)23-2/h3-11H,1-2H3,(H,20,22)/b18-11-. The van der Waals surface area contributed by atoms with Crippen LogP contribution in [0.4, 0.5) is 0 Å². The first-order valence-electron chi connectivity index (χ1n) is 7.10. The highest BCUT2D eigenvalue weighted by atomic mass is 16.5. The minimum absolute atomic E-state index is 0.305. The van der Waals surface area contributed by atoms with Gasteiger partial charge in [0.2, 0.25) is 0 Å². The molecule has 3 rings (SSSR count). The number of carbonyl (C=O) groups is 1. The van der Waals surface area contributed by atoms with Gasteiger partial charge in [-0.2, -0.15) is 5.10 Å². The molecular weight excluding hydrogens is 292 g/mol. The van der Waals surface area contributed by atoms with Gasteiger partial charge in [-0.1, -0.05) is 18.2 Å². The van der Waals surface area contributed by atoms with Crippen molar-refractivity contribution < 1.29 is 9.53 Å². The lowest BCUT2D eigenvalue weighted by molar-refractivity contribution is 0.0948. The number of fused-ring (bicyclic) bond motifs is 1. The SMILES string of the molecule is COc1cccc(/C=N\NC(=O)c2c(C)nc3ccccn23)c1. The van der Waals surface area contributed by atoms with Crippen LogP contribution < -0.4 is 10.2 Å². The second-order valence-electron chi connectivity index (χ2n) is 4.95. The van der Waals surface area contributed by atoms with E-state index in [1.807, 2.05) is 42.5 Å². The second kappa shape index (κ2) is 6.31. The van der Waals surface area contributed by atoms with Crippen LogP contribution in [0.2, 0.25) is 0 Å². The predicted octanol–water partition coefficient (Wildman–Crippen LogP) is 2.42. The minimum Gasteiger partial charge on any atom is -0.497 e. The molecule has 2 heterocycles. The molecule has 1 aromatic carbocycles. The summed E-state index contributed by atoms with van der Waals surface area (Å²) in [6.45, 7) is 1.80. The number of nitrogens with zero attached hydrogens (tertiary/aromatic N) is 3. The normalized spacial score (nSPS) is 11.0. The van der Waals surface area contributed by atoms with Gasteiger partial charge >= 0.3 is 0 Å². The number of rotatable bonds is 4. The first kappa shape index (κ1) is 14.8. The van der Waals surface area contributed by atoms with E-state index in [-0.39, 0.29) is 5.91 Å². The van der Waals surface area contributed by atoms with Gasteiger partial charge in [0.05, 0.1) is 19.0 Å². The van der Waals surface area contributed by atoms with E-state index in [2.05, 4.69) is 15.5 Å². The zero-order valence-electron chi connectivity index (χ0n) is 12.9. The lowest BCUT2D eigenvalue weighted by Gasteiger charge is -2.02. The van der Waals surface area contributed by atoms with Crippen molar-refractivity contribution in [3.8, 4) is 5.75 Å². The molecule has 6 heteroatoms. The predicted molar refractivity (Wildman–Crippen MR) is 88.0 cm³/mol. The highest BCUT2D eigenvalue weighted by Crippen LogP contribution is 2.12. The number of pyridine rings is 1. The third-order valence-corrected chi connectivity index (χ3v) is 3.39. The molecule has 0 bridgehead atoms. The van der Waals surface area contributed by atoms with Gasteiger partial charge in [-0.15, -0.1) is 0 Å². The molecule has 0 aliphatic heterocycles. The van der Waals surface area contributed by atoms with Crippen molar-refractivity contribution in [2.45, 2.75) is 6.92 Å². The average Bonchev–Trinajstić information content (AvgIpc) is 2.90. The molecule has 2 aromatic heterocycles. The number of carbonyl (C=O) groups excluding carboxylic acids is 1. The minimum atomic E-state index is -0.305. The molecular formula is C17H16N4O2. The molecule has 0 radical (unpaired) electrons. The maximum atomic E-state index is 12.3. The Morgan fingerprint density at radius 1 is 1.30 bits per heavy atom. The number of amides is 1. The Kier molecular flexibility index (Phi) is 4.05. The van der Waals surface area contributed by atoms with Crippen molar-refractivity contribution in [3.05, 3.63) is 65.6 Å². The number of hydrogen-bond acceptors (Lipinski definition) is 4. The molecule has 0 aliphatic carbocycles. The summed E-state index contributed by atoms with van der Waals surface area (Å²) in [5, 5.41) is 4.00. The topological polar surface area (TPSA) is 68.0 Å². The molecule has 116 valence electrons. The molecule has 0 saturated carbocycles. The number of nitrogens with one attached hydrogen (secondary N) is 1. The van der Waals surface area contributed by atoms with E-state index in [4.69, 9.17) is 4.74 Å². The summed E-state index contributed by atoms with van der Waals surface area (Å²) in [6, 6.07) is 13.0. The van der Waals surface area contributed by atoms with Crippen LogP contribution in [0, 0.1) is 6.92 Å². The summed E-state index contributed by atoms with van der Waals surface area (Å²) < 4.78 is 6.89. The van der Waals surface area contributed by atoms with Crippen LogP contribution in [-0.2, 0) is 0 Å². The first-order chi connectivity index (χ1) is 11.2. The number of aryl methyl sites for hydroxylation is 1. The Morgan fingerprint density at radius 3 is 3.00 bits per heavy atom. The highest BCUT2D eigenvalue weighted by Gasteiger charge is 2.15. The Morgan fingerprint density at radius 2 is 2.17 bits per heavy atom. The Hall–Kier alpha value is -3.15. The molecule has 3 aromatic rings. The van der Waals surface area contributed by atoms with Gasteiger partial charge < -0.3 is 4.74 Å². The fraction of sp³-hybridized carbons (Fsp3) is 0.118. The monoisotopic (exact) mass is 308 g/mol. The van der Waals surface area contributed by atoms with Gasteiger partial charge in [0.1, 0.15) is 17.1 Å². The molecule has 1 amide bonds. The summed E-state index contributed by atoms with van der Waals surface area (Å²) in [4.78, 5) is 16.7. The number of hydrazone groups is 1. The van der Waals surface area contributed by atoms with E-state index >= 15 is 0 Å². The van der Waals surface area contributed by atoms with Gasteiger partial charge in [-0.05, 0) is 36.8 Å². The van der Waals surface area contributed by atoms with E-state index in [0.717, 1.165) is 17.0 Å². The maximum Gasteiger partial charge on any atom is 0.290 e. The molecule has 0 aliphatic rings. The van der Waals surface area contributed by atoms with Crippen molar-refractivity contribution in [2.24, 2.45) is 5.10 Å². The summed E-state index contributed by atoms with van der Waals surface area (Å²) >= 11 is 0. The number of imidazole rings is 1. The molecule has 0 fully saturated rings. The van der Waals surface area contributed by atoms with Gasteiger partial charge in [0.15, 0.2) is 0 Å². The van der Waals surface area contributed by atoms with E-state index in [1.165, 1.54) is 0 Å². The average molecular weight is 308 g/mol. The Labute approximate surface area is 133 Å². The van der Waals surface area contributed by atoms with Gasteiger partial charge in [-0.3, -0.25) is 9.20 Å². The largest absolute Gasteiger partial charge is 0.497 e. The van der Waals surface area contributed by atoms with Crippen molar-refractivity contribution >= 4 is 17.8 Å². The number of methoxy groups -OCH3 is 1. The molecule has 6 nitrogen and oxygen atoms in total. The van der Waals surface area contributed by atoms with Crippen molar-refractivity contribution in [3.63, 3.8) is 0 Å². The zero-order valence-corrected chi connectivity index (χ0v) is 12.9. The number of ether oxygens (including phenoxy) is 1. The Bertz CT molecular complexity index is 883. The number of aromatic nitrogens is 2. The summed E-state index contributed by atoms with van der Waals surface area (Å²) in [7, 11) is 1.60. The van der Waals surface area contributed by atoms with Crippen LogP contribution in [-0.4, -0.2) is 28.6 Å². The van der Waals surface area contributed by atoms with Crippen LogP contribution >= 0.6 is 0 Å². The van der Waals surface area contributed by atoms with Crippen LogP contribution in [0.25, 0.3) is 5.65 Å². The molecule has 0 spiro atoms. The highest BCUT2D eigenvalue weighted by molar-refractivity contribution is 5.95. The van der Waals surface area contributed by atoms with Crippen molar-refractivity contribution in [2.75, 3.05) is 7.11 Å². The summed E-state index contributed by atoms with van der Waals surface area (Å²) in [6.07, 6.45) is 3.37. The molecule has 0 saturated heterocycles. The zero-order chi connectivity index (χ0) is 16.2. The van der Waals surface area contributed by atoms with E-state index in [1.54, 1.807) is 30.8 Å². The van der Waals surface area contributed by atoms with Crippen molar-refractivity contribution in [1.29, 1.82) is 0 Å². The lowest BCUT2D eigenvalue weighted by Crippen LogP contribution is -2.20. The van der Waals surface area contributed by atoms with Crippen LogP contribution in [0.15, 0.2) is 53.8 Å². The molecule has 0 atom stereocenters. The summed E-state index contributed by atoms with van der Waals surface area (Å²) in [5.41, 5.74) is 5.23.